The molecule has 0 unspecified atom stereocenters. The molecular weight excluding hydrogens is 512 g/mol. The largest absolute Gasteiger partial charge is 0.481 e. The van der Waals surface area contributed by atoms with E-state index in [9.17, 15) is 13.6 Å². The third-order valence-electron chi connectivity index (χ3n) is 7.92. The number of anilines is 1. The highest BCUT2D eigenvalue weighted by Crippen LogP contribution is 2.31. The van der Waals surface area contributed by atoms with Crippen LogP contribution in [0.2, 0.25) is 0 Å². The van der Waals surface area contributed by atoms with E-state index in [1.165, 1.54) is 11.1 Å². The molecule has 4 aromatic rings. The number of halogens is 2. The molecule has 2 aromatic heterocycles. The van der Waals surface area contributed by atoms with Crippen molar-refractivity contribution in [1.82, 2.24) is 14.9 Å². The molecule has 0 aliphatic carbocycles. The monoisotopic (exact) mass is 545 g/mol. The smallest absolute Gasteiger partial charge is 0.306 e. The summed E-state index contributed by atoms with van der Waals surface area (Å²) < 4.78 is 26.1. The van der Waals surface area contributed by atoms with E-state index in [0.29, 0.717) is 50.1 Å². The SMILES string of the molecule is FC1(F)CCN(CCc2cc3ccccc3[nH]2)CC1.N#Cc1ccc(N2CCC(C(=O)O)CC2)c2cccnc12. The van der Waals surface area contributed by atoms with Gasteiger partial charge in [-0.15, -0.1) is 0 Å². The van der Waals surface area contributed by atoms with E-state index < -0.39 is 11.9 Å². The molecule has 2 aliphatic heterocycles. The van der Waals surface area contributed by atoms with E-state index >= 15 is 0 Å². The lowest BCUT2D eigenvalue weighted by Gasteiger charge is -2.32. The van der Waals surface area contributed by atoms with Crippen molar-refractivity contribution in [3.8, 4) is 6.07 Å². The van der Waals surface area contributed by atoms with Gasteiger partial charge in [-0.25, -0.2) is 8.78 Å². The van der Waals surface area contributed by atoms with Gasteiger partial charge in [0.2, 0.25) is 0 Å². The fourth-order valence-electron chi connectivity index (χ4n) is 5.54. The number of aliphatic carboxylic acids is 1. The van der Waals surface area contributed by atoms with Crippen molar-refractivity contribution in [2.45, 2.75) is 38.0 Å². The summed E-state index contributed by atoms with van der Waals surface area (Å²) in [6, 6.07) is 20.0. The molecule has 40 heavy (non-hydrogen) atoms. The first kappa shape index (κ1) is 27.5. The summed E-state index contributed by atoms with van der Waals surface area (Å²) in [5.41, 5.74) is 4.62. The maximum atomic E-state index is 13.0. The summed E-state index contributed by atoms with van der Waals surface area (Å²) in [5.74, 6) is -3.40. The topological polar surface area (TPSA) is 96.2 Å². The fraction of sp³-hybridized carbons (Fsp3) is 0.387. The number of para-hydroxylation sites is 1. The molecule has 0 amide bonds. The van der Waals surface area contributed by atoms with Gasteiger partial charge in [0.1, 0.15) is 6.07 Å². The molecule has 6 rings (SSSR count). The summed E-state index contributed by atoms with van der Waals surface area (Å²) in [5, 5.41) is 20.4. The number of H-pyrrole nitrogens is 1. The molecule has 0 bridgehead atoms. The van der Waals surface area contributed by atoms with Gasteiger partial charge < -0.3 is 19.9 Å². The van der Waals surface area contributed by atoms with Crippen LogP contribution in [-0.4, -0.2) is 64.6 Å². The van der Waals surface area contributed by atoms with Crippen LogP contribution in [0.3, 0.4) is 0 Å². The van der Waals surface area contributed by atoms with Crippen LogP contribution in [0, 0.1) is 17.2 Å². The van der Waals surface area contributed by atoms with Crippen LogP contribution in [0.15, 0.2) is 60.8 Å². The molecule has 2 aliphatic rings. The van der Waals surface area contributed by atoms with Gasteiger partial charge in [-0.2, -0.15) is 5.26 Å². The minimum absolute atomic E-state index is 0.000296. The highest BCUT2D eigenvalue weighted by molar-refractivity contribution is 5.95. The van der Waals surface area contributed by atoms with Crippen LogP contribution in [-0.2, 0) is 11.2 Å². The number of hydrogen-bond donors (Lipinski definition) is 2. The number of nitrogens with one attached hydrogen (secondary N) is 1. The minimum atomic E-state index is -2.45. The molecule has 2 aromatic carbocycles. The second kappa shape index (κ2) is 12.0. The van der Waals surface area contributed by atoms with Crippen molar-refractivity contribution >= 4 is 33.5 Å². The fourth-order valence-corrected chi connectivity index (χ4v) is 5.54. The van der Waals surface area contributed by atoms with Gasteiger partial charge in [0.15, 0.2) is 0 Å². The lowest BCUT2D eigenvalue weighted by atomic mass is 9.96. The molecule has 7 nitrogen and oxygen atoms in total. The average Bonchev–Trinajstić information content (AvgIpc) is 3.39. The first-order valence-corrected chi connectivity index (χ1v) is 13.8. The molecule has 2 fully saturated rings. The Balaban J connectivity index is 0.000000162. The highest BCUT2D eigenvalue weighted by atomic mass is 19.3. The van der Waals surface area contributed by atoms with Gasteiger partial charge in [-0.1, -0.05) is 18.2 Å². The third-order valence-corrected chi connectivity index (χ3v) is 7.92. The van der Waals surface area contributed by atoms with Crippen LogP contribution >= 0.6 is 0 Å². The van der Waals surface area contributed by atoms with E-state index in [4.69, 9.17) is 10.4 Å². The van der Waals surface area contributed by atoms with Crippen LogP contribution in [0.1, 0.15) is 36.9 Å². The minimum Gasteiger partial charge on any atom is -0.481 e. The number of alkyl halides is 2. The number of carboxylic acids is 1. The number of piperidine rings is 2. The molecule has 208 valence electrons. The number of likely N-dealkylation sites (tertiary alicyclic amines) is 1. The van der Waals surface area contributed by atoms with E-state index in [2.05, 4.69) is 44.0 Å². The number of carbonyl (C=O) groups is 1. The number of nitrogens with zero attached hydrogens (tertiary/aromatic N) is 4. The Morgan fingerprint density at radius 3 is 2.52 bits per heavy atom. The summed E-state index contributed by atoms with van der Waals surface area (Å²) in [6.07, 6.45) is 3.87. The number of hydrogen-bond acceptors (Lipinski definition) is 5. The number of aromatic amines is 1. The van der Waals surface area contributed by atoms with Gasteiger partial charge in [-0.3, -0.25) is 9.78 Å². The maximum Gasteiger partial charge on any atom is 0.306 e. The van der Waals surface area contributed by atoms with E-state index in [0.717, 1.165) is 29.6 Å². The maximum absolute atomic E-state index is 13.0. The van der Waals surface area contributed by atoms with Crippen LogP contribution in [0.25, 0.3) is 21.8 Å². The van der Waals surface area contributed by atoms with E-state index in [1.807, 2.05) is 30.3 Å². The summed E-state index contributed by atoms with van der Waals surface area (Å²) in [4.78, 5) is 23.0. The van der Waals surface area contributed by atoms with Crippen LogP contribution < -0.4 is 4.90 Å². The van der Waals surface area contributed by atoms with Gasteiger partial charge in [0.05, 0.1) is 17.0 Å². The van der Waals surface area contributed by atoms with Crippen LogP contribution in [0.5, 0.6) is 0 Å². The average molecular weight is 546 g/mol. The molecular formula is C31H33F2N5O2. The number of nitriles is 1. The molecule has 0 radical (unpaired) electrons. The number of rotatable bonds is 5. The zero-order chi connectivity index (χ0) is 28.1. The molecule has 2 N–H and O–H groups in total. The number of pyridine rings is 1. The van der Waals surface area contributed by atoms with Gasteiger partial charge in [0, 0.05) is 80.5 Å². The second-order valence-corrected chi connectivity index (χ2v) is 10.6. The van der Waals surface area contributed by atoms with Gasteiger partial charge in [0.25, 0.3) is 5.92 Å². The lowest BCUT2D eigenvalue weighted by molar-refractivity contribution is -0.142. The first-order chi connectivity index (χ1) is 19.3. The standard InChI is InChI=1S/C16H15N3O2.C15H18F2N2/c17-10-12-3-4-14(13-2-1-7-18-15(12)13)19-8-5-11(6-9-19)16(20)21;16-15(17)6-9-19(10-7-15)8-5-13-11-12-3-1-2-4-14(12)18-13/h1-4,7,11H,5-6,8-9H2,(H,20,21);1-4,11,18H,5-10H2. The molecule has 0 atom stereocenters. The van der Waals surface area contributed by atoms with Crippen molar-refractivity contribution < 1.29 is 18.7 Å². The van der Waals surface area contributed by atoms with E-state index in [-0.39, 0.29) is 18.8 Å². The lowest BCUT2D eigenvalue weighted by Crippen LogP contribution is -2.40. The molecule has 4 heterocycles. The summed E-state index contributed by atoms with van der Waals surface area (Å²) in [6.45, 7) is 3.29. The number of benzene rings is 2. The number of aromatic nitrogens is 2. The predicted octanol–water partition coefficient (Wildman–Crippen LogP) is 5.85. The number of carboxylic acid groups (broad SMARTS) is 1. The van der Waals surface area contributed by atoms with Gasteiger partial charge >= 0.3 is 5.97 Å². The van der Waals surface area contributed by atoms with E-state index in [1.54, 1.807) is 12.3 Å². The Bertz CT molecular complexity index is 1480. The van der Waals surface area contributed by atoms with Crippen molar-refractivity contribution in [3.63, 3.8) is 0 Å². The van der Waals surface area contributed by atoms with Crippen molar-refractivity contribution in [3.05, 3.63) is 72.1 Å². The normalized spacial score (nSPS) is 17.8. The Hall–Kier alpha value is -4.03. The Kier molecular flexibility index (Phi) is 8.27. The molecule has 0 spiro atoms. The molecule has 0 saturated carbocycles. The summed E-state index contributed by atoms with van der Waals surface area (Å²) >= 11 is 0. The third kappa shape index (κ3) is 6.40. The molecule has 9 heteroatoms. The number of fused-ring (bicyclic) bond motifs is 2. The Morgan fingerprint density at radius 1 is 1.07 bits per heavy atom. The highest BCUT2D eigenvalue weighted by Gasteiger charge is 2.33. The van der Waals surface area contributed by atoms with Crippen molar-refractivity contribution in [1.29, 1.82) is 5.26 Å². The van der Waals surface area contributed by atoms with Crippen molar-refractivity contribution in [2.75, 3.05) is 37.6 Å². The summed E-state index contributed by atoms with van der Waals surface area (Å²) in [7, 11) is 0. The predicted molar refractivity (Wildman–Crippen MR) is 152 cm³/mol. The van der Waals surface area contributed by atoms with Crippen molar-refractivity contribution in [2.24, 2.45) is 5.92 Å². The quantitative estimate of drug-likeness (QED) is 0.327. The zero-order valence-electron chi connectivity index (χ0n) is 22.3. The Morgan fingerprint density at radius 2 is 1.82 bits per heavy atom. The second-order valence-electron chi connectivity index (χ2n) is 10.6. The Labute approximate surface area is 232 Å². The molecule has 2 saturated heterocycles. The zero-order valence-corrected chi connectivity index (χ0v) is 22.3. The first-order valence-electron chi connectivity index (χ1n) is 13.8. The van der Waals surface area contributed by atoms with Gasteiger partial charge in [-0.05, 0) is 54.6 Å². The van der Waals surface area contributed by atoms with Crippen LogP contribution in [0.4, 0.5) is 14.5 Å².